The standard InChI is InChI=1S/C13H12BrCl/c14-12-7-5-11(6-8-12)13(15)9-1-2-10(13)4-3-9/h1-2,5-10H,3-4H2/t9-,10-/m1/s1. The van der Waals surface area contributed by atoms with Crippen LogP contribution in [0.2, 0.25) is 0 Å². The van der Waals surface area contributed by atoms with Crippen molar-refractivity contribution in [1.29, 1.82) is 0 Å². The van der Waals surface area contributed by atoms with Crippen LogP contribution in [0.25, 0.3) is 0 Å². The Bertz CT molecular complexity index is 393. The number of fused-ring (bicyclic) bond motifs is 2. The molecule has 2 atom stereocenters. The number of benzene rings is 1. The van der Waals surface area contributed by atoms with Gasteiger partial charge in [0.05, 0.1) is 4.87 Å². The fourth-order valence-electron chi connectivity index (χ4n) is 2.93. The van der Waals surface area contributed by atoms with Crippen molar-refractivity contribution in [3.8, 4) is 0 Å². The highest BCUT2D eigenvalue weighted by atomic mass is 79.9. The van der Waals surface area contributed by atoms with Crippen molar-refractivity contribution in [2.75, 3.05) is 0 Å². The van der Waals surface area contributed by atoms with Gasteiger partial charge in [0.25, 0.3) is 0 Å². The Balaban J connectivity index is 2.04. The highest BCUT2D eigenvalue weighted by molar-refractivity contribution is 9.10. The van der Waals surface area contributed by atoms with Gasteiger partial charge in [-0.25, -0.2) is 0 Å². The second-order valence-corrected chi connectivity index (χ2v) is 5.99. The van der Waals surface area contributed by atoms with E-state index in [9.17, 15) is 0 Å². The van der Waals surface area contributed by atoms with Crippen LogP contribution in [0.3, 0.4) is 0 Å². The van der Waals surface area contributed by atoms with Gasteiger partial charge in [-0.3, -0.25) is 0 Å². The third kappa shape index (κ3) is 1.33. The zero-order chi connectivity index (χ0) is 10.5. The fraction of sp³-hybridized carbons (Fsp3) is 0.385. The number of rotatable bonds is 1. The summed E-state index contributed by atoms with van der Waals surface area (Å²) in [7, 11) is 0. The second kappa shape index (κ2) is 3.36. The Kier molecular flexibility index (Phi) is 2.22. The van der Waals surface area contributed by atoms with Gasteiger partial charge >= 0.3 is 0 Å². The average molecular weight is 284 g/mol. The Morgan fingerprint density at radius 2 is 1.60 bits per heavy atom. The Morgan fingerprint density at radius 1 is 1.07 bits per heavy atom. The summed E-state index contributed by atoms with van der Waals surface area (Å²) in [6.07, 6.45) is 7.06. The summed E-state index contributed by atoms with van der Waals surface area (Å²) < 4.78 is 1.12. The van der Waals surface area contributed by atoms with E-state index in [0.717, 1.165) is 4.47 Å². The molecule has 1 saturated carbocycles. The summed E-state index contributed by atoms with van der Waals surface area (Å²) >= 11 is 10.3. The molecule has 2 heteroatoms. The molecule has 0 nitrogen and oxygen atoms in total. The number of halogens is 2. The molecule has 0 heterocycles. The zero-order valence-corrected chi connectivity index (χ0v) is 10.6. The number of alkyl halides is 1. The predicted molar refractivity (Wildman–Crippen MR) is 67.0 cm³/mol. The number of hydrogen-bond acceptors (Lipinski definition) is 0. The molecule has 3 rings (SSSR count). The molecule has 15 heavy (non-hydrogen) atoms. The van der Waals surface area contributed by atoms with Gasteiger partial charge in [0.2, 0.25) is 0 Å². The summed E-state index contributed by atoms with van der Waals surface area (Å²) in [6, 6.07) is 8.46. The third-order valence-corrected chi connectivity index (χ3v) is 5.04. The fourth-order valence-corrected chi connectivity index (χ4v) is 3.68. The van der Waals surface area contributed by atoms with Crippen molar-refractivity contribution in [3.63, 3.8) is 0 Å². The molecule has 2 aliphatic carbocycles. The lowest BCUT2D eigenvalue weighted by Gasteiger charge is -2.28. The largest absolute Gasteiger partial charge is 0.113 e. The van der Waals surface area contributed by atoms with Gasteiger partial charge in [-0.2, -0.15) is 0 Å². The average Bonchev–Trinajstić information content (AvgIpc) is 2.74. The van der Waals surface area contributed by atoms with Gasteiger partial charge in [-0.05, 0) is 30.5 Å². The predicted octanol–water partition coefficient (Wildman–Crippen LogP) is 4.48. The zero-order valence-electron chi connectivity index (χ0n) is 8.29. The summed E-state index contributed by atoms with van der Waals surface area (Å²) in [5.41, 5.74) is 1.27. The normalized spacial score (nSPS) is 37.5. The second-order valence-electron chi connectivity index (χ2n) is 4.45. The third-order valence-electron chi connectivity index (χ3n) is 3.73. The van der Waals surface area contributed by atoms with Gasteiger partial charge in [0.1, 0.15) is 0 Å². The van der Waals surface area contributed by atoms with Crippen LogP contribution in [-0.2, 0) is 4.87 Å². The molecule has 78 valence electrons. The lowest BCUT2D eigenvalue weighted by Crippen LogP contribution is -2.24. The van der Waals surface area contributed by atoms with Crippen LogP contribution in [0.1, 0.15) is 18.4 Å². The lowest BCUT2D eigenvalue weighted by atomic mass is 9.87. The van der Waals surface area contributed by atoms with Crippen LogP contribution in [0.4, 0.5) is 0 Å². The van der Waals surface area contributed by atoms with Crippen molar-refractivity contribution in [1.82, 2.24) is 0 Å². The number of allylic oxidation sites excluding steroid dienone is 2. The molecule has 0 N–H and O–H groups in total. The molecule has 0 radical (unpaired) electrons. The van der Waals surface area contributed by atoms with E-state index < -0.39 is 0 Å². The molecule has 0 amide bonds. The van der Waals surface area contributed by atoms with Crippen molar-refractivity contribution >= 4 is 27.5 Å². The van der Waals surface area contributed by atoms with E-state index in [0.29, 0.717) is 11.8 Å². The van der Waals surface area contributed by atoms with Crippen molar-refractivity contribution in [2.24, 2.45) is 11.8 Å². The molecule has 1 fully saturated rings. The molecular formula is C13H12BrCl. The molecule has 2 bridgehead atoms. The molecule has 0 aromatic heterocycles. The van der Waals surface area contributed by atoms with E-state index in [1.165, 1.54) is 18.4 Å². The first-order valence-corrected chi connectivity index (χ1v) is 6.51. The van der Waals surface area contributed by atoms with Crippen LogP contribution < -0.4 is 0 Å². The molecule has 2 aliphatic rings. The summed E-state index contributed by atoms with van der Waals surface area (Å²) in [6.45, 7) is 0. The molecule has 0 spiro atoms. The molecule has 1 aromatic carbocycles. The highest BCUT2D eigenvalue weighted by Gasteiger charge is 2.51. The van der Waals surface area contributed by atoms with E-state index in [-0.39, 0.29) is 4.87 Å². The van der Waals surface area contributed by atoms with Crippen LogP contribution >= 0.6 is 27.5 Å². The topological polar surface area (TPSA) is 0 Å². The van der Waals surface area contributed by atoms with Crippen LogP contribution in [0, 0.1) is 11.8 Å². The first-order chi connectivity index (χ1) is 7.21. The van der Waals surface area contributed by atoms with Gasteiger partial charge < -0.3 is 0 Å². The maximum Gasteiger partial charge on any atom is 0.0819 e. The quantitative estimate of drug-likeness (QED) is 0.526. The van der Waals surface area contributed by atoms with Gasteiger partial charge in [-0.1, -0.05) is 40.2 Å². The number of hydrogen-bond donors (Lipinski definition) is 0. The minimum atomic E-state index is -0.152. The van der Waals surface area contributed by atoms with Gasteiger partial charge in [0.15, 0.2) is 0 Å². The Morgan fingerprint density at radius 3 is 2.07 bits per heavy atom. The summed E-state index contributed by atoms with van der Waals surface area (Å²) in [5, 5.41) is 0. The molecule has 0 aliphatic heterocycles. The monoisotopic (exact) mass is 282 g/mol. The van der Waals surface area contributed by atoms with Gasteiger partial charge in [-0.15, -0.1) is 11.6 Å². The molecule has 1 aromatic rings. The molecule has 0 unspecified atom stereocenters. The SMILES string of the molecule is ClC1(c2ccc(Br)cc2)[C@@H]2C=C[C@@H]1CC2. The van der Waals surface area contributed by atoms with Crippen molar-refractivity contribution < 1.29 is 0 Å². The van der Waals surface area contributed by atoms with Crippen LogP contribution in [0.15, 0.2) is 40.9 Å². The van der Waals surface area contributed by atoms with E-state index in [2.05, 4.69) is 52.3 Å². The Hall–Kier alpha value is -0.270. The Labute approximate surface area is 103 Å². The molecule has 0 saturated heterocycles. The van der Waals surface area contributed by atoms with Crippen LogP contribution in [-0.4, -0.2) is 0 Å². The van der Waals surface area contributed by atoms with E-state index in [1.54, 1.807) is 0 Å². The molecular weight excluding hydrogens is 272 g/mol. The minimum absolute atomic E-state index is 0.152. The van der Waals surface area contributed by atoms with Gasteiger partial charge in [0, 0.05) is 16.3 Å². The summed E-state index contributed by atoms with van der Waals surface area (Å²) in [4.78, 5) is -0.152. The van der Waals surface area contributed by atoms with Crippen molar-refractivity contribution in [3.05, 3.63) is 46.5 Å². The first kappa shape index (κ1) is 9.92. The maximum atomic E-state index is 6.83. The van der Waals surface area contributed by atoms with Crippen LogP contribution in [0.5, 0.6) is 0 Å². The highest BCUT2D eigenvalue weighted by Crippen LogP contribution is 2.57. The van der Waals surface area contributed by atoms with E-state index in [4.69, 9.17) is 11.6 Å². The van der Waals surface area contributed by atoms with Crippen molar-refractivity contribution in [2.45, 2.75) is 17.7 Å². The smallest absolute Gasteiger partial charge is 0.0819 e. The minimum Gasteiger partial charge on any atom is -0.113 e. The van der Waals surface area contributed by atoms with E-state index in [1.807, 2.05) is 0 Å². The van der Waals surface area contributed by atoms with E-state index >= 15 is 0 Å². The maximum absolute atomic E-state index is 6.83. The first-order valence-electron chi connectivity index (χ1n) is 5.34. The lowest BCUT2D eigenvalue weighted by molar-refractivity contribution is 0.495. The summed E-state index contributed by atoms with van der Waals surface area (Å²) in [5.74, 6) is 1.07.